The summed E-state index contributed by atoms with van der Waals surface area (Å²) in [5.74, 6) is -0.116. The molecule has 0 radical (unpaired) electrons. The molecule has 0 atom stereocenters. The van der Waals surface area contributed by atoms with Crippen LogP contribution in [0.2, 0.25) is 5.02 Å². The predicted octanol–water partition coefficient (Wildman–Crippen LogP) is 3.73. The fourth-order valence-electron chi connectivity index (χ4n) is 2.78. The molecule has 1 aliphatic heterocycles. The highest BCUT2D eigenvalue weighted by Gasteiger charge is 2.20. The molecule has 0 aromatic heterocycles. The van der Waals surface area contributed by atoms with Gasteiger partial charge in [-0.15, -0.1) is 0 Å². The minimum atomic E-state index is -0.682. The lowest BCUT2D eigenvalue weighted by Gasteiger charge is -2.32. The lowest BCUT2D eigenvalue weighted by Crippen LogP contribution is -2.33. The summed E-state index contributed by atoms with van der Waals surface area (Å²) in [4.78, 5) is 13.0. The number of hydrogen-bond acceptors (Lipinski definition) is 2. The molecule has 0 spiro atoms. The first-order valence-electron chi connectivity index (χ1n) is 7.24. The van der Waals surface area contributed by atoms with Gasteiger partial charge in [-0.05, 0) is 62.4 Å². The molecule has 110 valence electrons. The van der Waals surface area contributed by atoms with E-state index in [1.807, 2.05) is 13.0 Å². The van der Waals surface area contributed by atoms with Crippen LogP contribution in [0, 0.1) is 12.8 Å². The van der Waals surface area contributed by atoms with Crippen LogP contribution in [0.4, 0.5) is 0 Å². The van der Waals surface area contributed by atoms with Crippen molar-refractivity contribution in [3.8, 4) is 0 Å². The SMILES string of the molecule is Cc1ccc(CN2CCC(CCC(=O)O)CC2)c(Cl)c1. The minimum Gasteiger partial charge on any atom is -0.481 e. The number of piperidine rings is 1. The van der Waals surface area contributed by atoms with E-state index in [0.29, 0.717) is 12.3 Å². The number of aliphatic carboxylic acids is 1. The predicted molar refractivity (Wildman–Crippen MR) is 81.1 cm³/mol. The zero-order chi connectivity index (χ0) is 14.5. The average Bonchev–Trinajstić information content (AvgIpc) is 2.41. The molecule has 1 aromatic carbocycles. The van der Waals surface area contributed by atoms with Gasteiger partial charge >= 0.3 is 5.97 Å². The van der Waals surface area contributed by atoms with Gasteiger partial charge in [-0.25, -0.2) is 0 Å². The summed E-state index contributed by atoms with van der Waals surface area (Å²) in [6, 6.07) is 6.21. The van der Waals surface area contributed by atoms with Gasteiger partial charge in [-0.3, -0.25) is 9.69 Å². The smallest absolute Gasteiger partial charge is 0.303 e. The summed E-state index contributed by atoms with van der Waals surface area (Å²) in [5.41, 5.74) is 2.37. The highest BCUT2D eigenvalue weighted by Crippen LogP contribution is 2.25. The molecule has 1 fully saturated rings. The van der Waals surface area contributed by atoms with Gasteiger partial charge in [0, 0.05) is 18.0 Å². The molecule has 1 aromatic rings. The van der Waals surface area contributed by atoms with Crippen molar-refractivity contribution in [3.63, 3.8) is 0 Å². The van der Waals surface area contributed by atoms with E-state index in [2.05, 4.69) is 17.0 Å². The Balaban J connectivity index is 1.80. The van der Waals surface area contributed by atoms with E-state index in [1.165, 1.54) is 11.1 Å². The Labute approximate surface area is 125 Å². The summed E-state index contributed by atoms with van der Waals surface area (Å²) in [6.07, 6.45) is 3.30. The first-order valence-corrected chi connectivity index (χ1v) is 7.61. The van der Waals surface area contributed by atoms with Crippen LogP contribution in [0.25, 0.3) is 0 Å². The van der Waals surface area contributed by atoms with Crippen molar-refractivity contribution >= 4 is 17.6 Å². The van der Waals surface area contributed by atoms with Crippen LogP contribution in [-0.4, -0.2) is 29.1 Å². The Kier molecular flexibility index (Phi) is 5.44. The first kappa shape index (κ1) is 15.3. The quantitative estimate of drug-likeness (QED) is 0.900. The molecule has 3 nitrogen and oxygen atoms in total. The van der Waals surface area contributed by atoms with Crippen LogP contribution in [-0.2, 0) is 11.3 Å². The molecule has 20 heavy (non-hydrogen) atoms. The maximum Gasteiger partial charge on any atom is 0.303 e. The third kappa shape index (κ3) is 4.50. The highest BCUT2D eigenvalue weighted by atomic mass is 35.5. The van der Waals surface area contributed by atoms with E-state index in [-0.39, 0.29) is 0 Å². The van der Waals surface area contributed by atoms with E-state index < -0.39 is 5.97 Å². The summed E-state index contributed by atoms with van der Waals surface area (Å²) >= 11 is 6.27. The van der Waals surface area contributed by atoms with Crippen LogP contribution in [0.15, 0.2) is 18.2 Å². The maximum atomic E-state index is 10.6. The van der Waals surface area contributed by atoms with Gasteiger partial charge in [-0.2, -0.15) is 0 Å². The van der Waals surface area contributed by atoms with Crippen LogP contribution in [0.3, 0.4) is 0 Å². The van der Waals surface area contributed by atoms with Crippen LogP contribution in [0.5, 0.6) is 0 Å². The number of rotatable bonds is 5. The molecular weight excluding hydrogens is 274 g/mol. The standard InChI is InChI=1S/C16H22ClNO2/c1-12-2-4-14(15(17)10-12)11-18-8-6-13(7-9-18)3-5-16(19)20/h2,4,10,13H,3,5-9,11H2,1H3,(H,19,20). The number of carboxylic acid groups (broad SMARTS) is 1. The number of aryl methyl sites for hydroxylation is 1. The van der Waals surface area contributed by atoms with Crippen molar-refractivity contribution in [3.05, 3.63) is 34.3 Å². The zero-order valence-electron chi connectivity index (χ0n) is 11.9. The van der Waals surface area contributed by atoms with Gasteiger partial charge < -0.3 is 5.11 Å². The third-order valence-corrected chi connectivity index (χ3v) is 4.43. The highest BCUT2D eigenvalue weighted by molar-refractivity contribution is 6.31. The molecule has 1 aliphatic rings. The second kappa shape index (κ2) is 7.09. The van der Waals surface area contributed by atoms with Crippen molar-refractivity contribution in [2.75, 3.05) is 13.1 Å². The maximum absolute atomic E-state index is 10.6. The van der Waals surface area contributed by atoms with Gasteiger partial charge in [-0.1, -0.05) is 23.7 Å². The Hall–Kier alpha value is -1.06. The fraction of sp³-hybridized carbons (Fsp3) is 0.562. The molecule has 0 unspecified atom stereocenters. The first-order chi connectivity index (χ1) is 9.54. The Morgan fingerprint density at radius 2 is 2.10 bits per heavy atom. The summed E-state index contributed by atoms with van der Waals surface area (Å²) in [6.45, 7) is 5.01. The lowest BCUT2D eigenvalue weighted by molar-refractivity contribution is -0.137. The van der Waals surface area contributed by atoms with E-state index in [4.69, 9.17) is 16.7 Å². The molecule has 0 bridgehead atoms. The van der Waals surface area contributed by atoms with Gasteiger partial charge in [0.15, 0.2) is 0 Å². The number of halogens is 1. The fourth-order valence-corrected chi connectivity index (χ4v) is 3.08. The molecule has 4 heteroatoms. The van der Waals surface area contributed by atoms with Gasteiger partial charge in [0.1, 0.15) is 0 Å². The molecule has 0 aliphatic carbocycles. The Bertz CT molecular complexity index is 468. The van der Waals surface area contributed by atoms with E-state index in [9.17, 15) is 4.79 Å². The summed E-state index contributed by atoms with van der Waals surface area (Å²) in [5, 5.41) is 9.56. The van der Waals surface area contributed by atoms with Crippen molar-refractivity contribution in [2.24, 2.45) is 5.92 Å². The normalized spacial score (nSPS) is 17.3. The monoisotopic (exact) mass is 295 g/mol. The van der Waals surface area contributed by atoms with Crippen molar-refractivity contribution < 1.29 is 9.90 Å². The Morgan fingerprint density at radius 1 is 1.40 bits per heavy atom. The lowest BCUT2D eigenvalue weighted by atomic mass is 9.92. The molecule has 1 heterocycles. The average molecular weight is 296 g/mol. The van der Waals surface area contributed by atoms with E-state index in [0.717, 1.165) is 43.9 Å². The van der Waals surface area contributed by atoms with Crippen molar-refractivity contribution in [2.45, 2.75) is 39.2 Å². The van der Waals surface area contributed by atoms with Gasteiger partial charge in [0.25, 0.3) is 0 Å². The summed E-state index contributed by atoms with van der Waals surface area (Å²) in [7, 11) is 0. The number of likely N-dealkylation sites (tertiary alicyclic amines) is 1. The molecule has 1 saturated heterocycles. The summed E-state index contributed by atoms with van der Waals surface area (Å²) < 4.78 is 0. The minimum absolute atomic E-state index is 0.300. The van der Waals surface area contributed by atoms with Crippen LogP contribution < -0.4 is 0 Å². The van der Waals surface area contributed by atoms with E-state index >= 15 is 0 Å². The van der Waals surface area contributed by atoms with E-state index in [1.54, 1.807) is 0 Å². The van der Waals surface area contributed by atoms with Gasteiger partial charge in [0.05, 0.1) is 0 Å². The number of nitrogens with zero attached hydrogens (tertiary/aromatic N) is 1. The van der Waals surface area contributed by atoms with Crippen LogP contribution >= 0.6 is 11.6 Å². The number of carbonyl (C=O) groups is 1. The number of carboxylic acids is 1. The van der Waals surface area contributed by atoms with Crippen molar-refractivity contribution in [1.29, 1.82) is 0 Å². The Morgan fingerprint density at radius 3 is 2.70 bits per heavy atom. The third-order valence-electron chi connectivity index (χ3n) is 4.08. The molecular formula is C16H22ClNO2. The molecule has 2 rings (SSSR count). The molecule has 0 amide bonds. The number of hydrogen-bond donors (Lipinski definition) is 1. The molecule has 1 N–H and O–H groups in total. The van der Waals surface area contributed by atoms with Crippen LogP contribution in [0.1, 0.15) is 36.8 Å². The second-order valence-electron chi connectivity index (χ2n) is 5.75. The largest absolute Gasteiger partial charge is 0.481 e. The molecule has 0 saturated carbocycles. The number of benzene rings is 1. The van der Waals surface area contributed by atoms with Gasteiger partial charge in [0.2, 0.25) is 0 Å². The zero-order valence-corrected chi connectivity index (χ0v) is 12.7. The topological polar surface area (TPSA) is 40.5 Å². The second-order valence-corrected chi connectivity index (χ2v) is 6.15. The van der Waals surface area contributed by atoms with Crippen molar-refractivity contribution in [1.82, 2.24) is 4.90 Å².